The lowest BCUT2D eigenvalue weighted by Crippen LogP contribution is -2.10. The predicted molar refractivity (Wildman–Crippen MR) is 68.5 cm³/mol. The maximum absolute atomic E-state index is 13.3. The van der Waals surface area contributed by atoms with E-state index in [0.29, 0.717) is 20.9 Å². The highest BCUT2D eigenvalue weighted by molar-refractivity contribution is 9.10. The molecule has 0 radical (unpaired) electrons. The molecule has 2 aromatic rings. The van der Waals surface area contributed by atoms with E-state index in [2.05, 4.69) is 25.9 Å². The maximum atomic E-state index is 13.3. The van der Waals surface area contributed by atoms with E-state index in [1.165, 1.54) is 24.0 Å². The molecular formula is C11H8BrFN2OS. The first-order valence-corrected chi connectivity index (χ1v) is 6.55. The highest BCUT2D eigenvalue weighted by Crippen LogP contribution is 2.23. The van der Waals surface area contributed by atoms with Crippen molar-refractivity contribution in [2.24, 2.45) is 0 Å². The number of nitrogens with zero attached hydrogens (tertiary/aromatic N) is 1. The molecule has 0 fully saturated rings. The third kappa shape index (κ3) is 3.17. The quantitative estimate of drug-likeness (QED) is 0.886. The fourth-order valence-corrected chi connectivity index (χ4v) is 2.22. The Morgan fingerprint density at radius 2 is 2.18 bits per heavy atom. The molecule has 17 heavy (non-hydrogen) atoms. The molecule has 0 aliphatic rings. The lowest BCUT2D eigenvalue weighted by atomic mass is 10.3. The van der Waals surface area contributed by atoms with Gasteiger partial charge in [0.1, 0.15) is 16.1 Å². The Kier molecular flexibility index (Phi) is 3.96. The number of thioether (sulfide) groups is 1. The Bertz CT molecular complexity index is 588. The molecular weight excluding hydrogens is 307 g/mol. The van der Waals surface area contributed by atoms with Gasteiger partial charge in [0.05, 0.1) is 5.75 Å². The van der Waals surface area contributed by atoms with Gasteiger partial charge in [-0.1, -0.05) is 12.1 Å². The van der Waals surface area contributed by atoms with Crippen LogP contribution in [0.25, 0.3) is 0 Å². The van der Waals surface area contributed by atoms with Gasteiger partial charge in [-0.25, -0.2) is 9.37 Å². The zero-order valence-electron chi connectivity index (χ0n) is 8.61. The van der Waals surface area contributed by atoms with Gasteiger partial charge < -0.3 is 4.98 Å². The van der Waals surface area contributed by atoms with Crippen molar-refractivity contribution in [2.45, 2.75) is 10.6 Å². The van der Waals surface area contributed by atoms with Gasteiger partial charge in [0.25, 0.3) is 5.56 Å². The highest BCUT2D eigenvalue weighted by Gasteiger charge is 2.04. The second kappa shape index (κ2) is 5.46. The van der Waals surface area contributed by atoms with E-state index in [1.54, 1.807) is 18.2 Å². The van der Waals surface area contributed by atoms with Crippen molar-refractivity contribution in [3.63, 3.8) is 0 Å². The number of aromatic nitrogens is 2. The molecule has 0 bridgehead atoms. The van der Waals surface area contributed by atoms with Gasteiger partial charge in [-0.05, 0) is 28.1 Å². The minimum absolute atomic E-state index is 0.232. The van der Waals surface area contributed by atoms with Gasteiger partial charge in [-0.2, -0.15) is 0 Å². The number of hydrogen-bond acceptors (Lipinski definition) is 3. The minimum atomic E-state index is -0.267. The molecule has 0 amide bonds. The van der Waals surface area contributed by atoms with Crippen molar-refractivity contribution in [2.75, 3.05) is 0 Å². The van der Waals surface area contributed by atoms with Crippen LogP contribution in [0.15, 0.2) is 44.6 Å². The molecule has 0 atom stereocenters. The summed E-state index contributed by atoms with van der Waals surface area (Å²) in [6.45, 7) is 0. The summed E-state index contributed by atoms with van der Waals surface area (Å²) in [5.41, 5.74) is -0.232. The zero-order chi connectivity index (χ0) is 12.3. The molecule has 1 N–H and O–H groups in total. The summed E-state index contributed by atoms with van der Waals surface area (Å²) in [5, 5.41) is 0. The number of nitrogens with one attached hydrogen (secondary N) is 1. The maximum Gasteiger partial charge on any atom is 0.265 e. The van der Waals surface area contributed by atoms with Crippen molar-refractivity contribution < 1.29 is 4.39 Å². The van der Waals surface area contributed by atoms with Crippen molar-refractivity contribution in [1.82, 2.24) is 9.97 Å². The minimum Gasteiger partial charge on any atom is -0.309 e. The van der Waals surface area contributed by atoms with Crippen LogP contribution in [0.5, 0.6) is 0 Å². The molecule has 1 heterocycles. The van der Waals surface area contributed by atoms with Crippen molar-refractivity contribution in [3.05, 3.63) is 56.9 Å². The molecule has 6 heteroatoms. The number of rotatable bonds is 3. The van der Waals surface area contributed by atoms with Gasteiger partial charge in [0, 0.05) is 11.1 Å². The van der Waals surface area contributed by atoms with Crippen LogP contribution in [0.2, 0.25) is 0 Å². The van der Waals surface area contributed by atoms with Gasteiger partial charge in [-0.3, -0.25) is 4.79 Å². The van der Waals surface area contributed by atoms with Crippen molar-refractivity contribution >= 4 is 27.7 Å². The molecule has 3 nitrogen and oxygen atoms in total. The van der Waals surface area contributed by atoms with Crippen LogP contribution < -0.4 is 5.56 Å². The number of H-pyrrole nitrogens is 1. The molecule has 0 unspecified atom stereocenters. The average molecular weight is 315 g/mol. The Morgan fingerprint density at radius 1 is 1.41 bits per heavy atom. The Labute approximate surface area is 110 Å². The molecule has 0 saturated carbocycles. The van der Waals surface area contributed by atoms with Crippen LogP contribution in [-0.4, -0.2) is 9.97 Å². The van der Waals surface area contributed by atoms with Gasteiger partial charge in [0.2, 0.25) is 0 Å². The zero-order valence-corrected chi connectivity index (χ0v) is 11.0. The average Bonchev–Trinajstić information content (AvgIpc) is 2.32. The fourth-order valence-electron chi connectivity index (χ4n) is 1.20. The topological polar surface area (TPSA) is 45.8 Å². The third-order valence-electron chi connectivity index (χ3n) is 2.01. The van der Waals surface area contributed by atoms with Crippen LogP contribution in [0, 0.1) is 5.82 Å². The molecule has 88 valence electrons. The largest absolute Gasteiger partial charge is 0.309 e. The lowest BCUT2D eigenvalue weighted by molar-refractivity contribution is 0.602. The lowest BCUT2D eigenvalue weighted by Gasteiger charge is -2.02. The first-order valence-electron chi connectivity index (χ1n) is 4.78. The van der Waals surface area contributed by atoms with Crippen LogP contribution in [0.1, 0.15) is 5.82 Å². The Morgan fingerprint density at radius 3 is 2.88 bits per heavy atom. The molecule has 1 aromatic heterocycles. The monoisotopic (exact) mass is 314 g/mol. The summed E-state index contributed by atoms with van der Waals surface area (Å²) in [6, 6.07) is 6.50. The number of hydrogen-bond donors (Lipinski definition) is 1. The highest BCUT2D eigenvalue weighted by atomic mass is 79.9. The Hall–Kier alpha value is -1.14. The van der Waals surface area contributed by atoms with Crippen LogP contribution in [-0.2, 0) is 5.75 Å². The van der Waals surface area contributed by atoms with E-state index >= 15 is 0 Å². The number of halogens is 2. The van der Waals surface area contributed by atoms with E-state index in [0.717, 1.165) is 0 Å². The van der Waals surface area contributed by atoms with Crippen LogP contribution in [0.3, 0.4) is 0 Å². The second-order valence-corrected chi connectivity index (χ2v) is 5.10. The van der Waals surface area contributed by atoms with Crippen LogP contribution in [0.4, 0.5) is 4.39 Å². The summed E-state index contributed by atoms with van der Waals surface area (Å²) in [4.78, 5) is 18.5. The summed E-state index contributed by atoms with van der Waals surface area (Å²) >= 11 is 4.36. The molecule has 0 aliphatic carbocycles. The third-order valence-corrected chi connectivity index (χ3v) is 3.63. The summed E-state index contributed by atoms with van der Waals surface area (Å²) in [6.07, 6.45) is 1.44. The van der Waals surface area contributed by atoms with E-state index in [1.807, 2.05) is 0 Å². The number of benzene rings is 1. The molecule has 1 aromatic carbocycles. The smallest absolute Gasteiger partial charge is 0.265 e. The standard InChI is InChI=1S/C11H8BrFN2OS/c12-7-5-14-10(15-11(7)16)6-17-9-4-2-1-3-8(9)13/h1-5H,6H2,(H,14,15,16). The Balaban J connectivity index is 2.10. The van der Waals surface area contributed by atoms with Gasteiger partial charge in [0.15, 0.2) is 0 Å². The normalized spacial score (nSPS) is 10.5. The fraction of sp³-hybridized carbons (Fsp3) is 0.0909. The predicted octanol–water partition coefficient (Wildman–Crippen LogP) is 2.96. The van der Waals surface area contributed by atoms with E-state index in [4.69, 9.17) is 0 Å². The molecule has 2 rings (SSSR count). The van der Waals surface area contributed by atoms with Crippen molar-refractivity contribution in [1.29, 1.82) is 0 Å². The molecule has 0 spiro atoms. The van der Waals surface area contributed by atoms with Crippen molar-refractivity contribution in [3.8, 4) is 0 Å². The molecule has 0 saturated heterocycles. The first-order chi connectivity index (χ1) is 8.16. The van der Waals surface area contributed by atoms with Gasteiger partial charge >= 0.3 is 0 Å². The van der Waals surface area contributed by atoms with E-state index in [9.17, 15) is 9.18 Å². The van der Waals surface area contributed by atoms with E-state index < -0.39 is 0 Å². The second-order valence-electron chi connectivity index (χ2n) is 3.23. The summed E-state index contributed by atoms with van der Waals surface area (Å²) in [5.74, 6) is 0.673. The molecule has 0 aliphatic heterocycles. The SMILES string of the molecule is O=c1[nH]c(CSc2ccccc2F)ncc1Br. The van der Waals surface area contributed by atoms with Crippen LogP contribution >= 0.6 is 27.7 Å². The summed E-state index contributed by atoms with van der Waals surface area (Å²) in [7, 11) is 0. The van der Waals surface area contributed by atoms with E-state index in [-0.39, 0.29) is 11.4 Å². The number of aromatic amines is 1. The first kappa shape index (κ1) is 12.3. The van der Waals surface area contributed by atoms with Gasteiger partial charge in [-0.15, -0.1) is 11.8 Å². The summed E-state index contributed by atoms with van der Waals surface area (Å²) < 4.78 is 13.7.